The third-order valence-electron chi connectivity index (χ3n) is 4.36. The summed E-state index contributed by atoms with van der Waals surface area (Å²) >= 11 is 3.61. The van der Waals surface area contributed by atoms with E-state index < -0.39 is 0 Å². The molecule has 0 atom stereocenters. The van der Waals surface area contributed by atoms with E-state index in [9.17, 15) is 0 Å². The average molecular weight is 404 g/mol. The molecule has 0 amide bonds. The van der Waals surface area contributed by atoms with Gasteiger partial charge in [0.2, 0.25) is 0 Å². The second-order valence-electron chi connectivity index (χ2n) is 6.16. The topological polar surface area (TPSA) is 30.7 Å². The quantitative estimate of drug-likeness (QED) is 0.396. The Kier molecular flexibility index (Phi) is 4.67. The van der Waals surface area contributed by atoms with Crippen LogP contribution in [0.5, 0.6) is 0 Å². The van der Waals surface area contributed by atoms with Crippen LogP contribution in [0.4, 0.5) is 0 Å². The van der Waals surface area contributed by atoms with Gasteiger partial charge in [-0.25, -0.2) is 4.68 Å². The van der Waals surface area contributed by atoms with Crippen molar-refractivity contribution < 1.29 is 0 Å². The van der Waals surface area contributed by atoms with Crippen LogP contribution in [-0.4, -0.2) is 15.0 Å². The maximum Gasteiger partial charge on any atom is 0.113 e. The average Bonchev–Trinajstić information content (AvgIpc) is 3.10. The van der Waals surface area contributed by atoms with Crippen molar-refractivity contribution in [1.82, 2.24) is 15.0 Å². The van der Waals surface area contributed by atoms with Gasteiger partial charge in [0, 0.05) is 4.47 Å². The van der Waals surface area contributed by atoms with Gasteiger partial charge < -0.3 is 0 Å². The van der Waals surface area contributed by atoms with E-state index in [-0.39, 0.29) is 0 Å². The summed E-state index contributed by atoms with van der Waals surface area (Å²) in [6.07, 6.45) is 5.31. The van der Waals surface area contributed by atoms with Crippen molar-refractivity contribution in [2.24, 2.45) is 0 Å². The molecule has 26 heavy (non-hydrogen) atoms. The third kappa shape index (κ3) is 3.46. The molecule has 0 radical (unpaired) electrons. The predicted molar refractivity (Wildman–Crippen MR) is 111 cm³/mol. The number of para-hydroxylation sites is 1. The minimum atomic E-state index is 0.889. The maximum absolute atomic E-state index is 4.31. The van der Waals surface area contributed by atoms with Crippen LogP contribution < -0.4 is 0 Å². The lowest BCUT2D eigenvalue weighted by atomic mass is 10.1. The summed E-state index contributed by atoms with van der Waals surface area (Å²) < 4.78 is 2.88. The molecule has 1 heterocycles. The minimum Gasteiger partial charge on any atom is -0.213 e. The van der Waals surface area contributed by atoms with Crippen molar-refractivity contribution in [2.75, 3.05) is 0 Å². The first-order chi connectivity index (χ1) is 12.7. The summed E-state index contributed by atoms with van der Waals surface area (Å²) in [5, 5.41) is 8.55. The summed E-state index contributed by atoms with van der Waals surface area (Å²) in [5.74, 6) is 0. The molecule has 0 saturated carbocycles. The Morgan fingerprint density at radius 2 is 1.69 bits per heavy atom. The van der Waals surface area contributed by atoms with Gasteiger partial charge >= 0.3 is 0 Å². The highest BCUT2D eigenvalue weighted by Gasteiger charge is 2.07. The van der Waals surface area contributed by atoms with Crippen molar-refractivity contribution in [3.8, 4) is 5.69 Å². The maximum atomic E-state index is 4.31. The highest BCUT2D eigenvalue weighted by atomic mass is 79.9. The summed E-state index contributed by atoms with van der Waals surface area (Å²) in [6, 6.07) is 22.9. The smallest absolute Gasteiger partial charge is 0.113 e. The molecule has 0 spiro atoms. The Bertz CT molecular complexity index is 1080. The van der Waals surface area contributed by atoms with Crippen molar-refractivity contribution >= 4 is 39.1 Å². The van der Waals surface area contributed by atoms with Crippen LogP contribution in [0.1, 0.15) is 23.6 Å². The third-order valence-corrected chi connectivity index (χ3v) is 4.82. The van der Waals surface area contributed by atoms with Gasteiger partial charge in [-0.2, -0.15) is 0 Å². The van der Waals surface area contributed by atoms with Gasteiger partial charge in [-0.1, -0.05) is 76.6 Å². The van der Waals surface area contributed by atoms with Gasteiger partial charge in [0.25, 0.3) is 0 Å². The molecule has 4 aromatic rings. The lowest BCUT2D eigenvalue weighted by Crippen LogP contribution is -1.97. The van der Waals surface area contributed by atoms with E-state index in [1.54, 1.807) is 0 Å². The summed E-state index contributed by atoms with van der Waals surface area (Å²) in [6.45, 7) is 2.17. The number of hydrogen-bond donors (Lipinski definition) is 0. The summed E-state index contributed by atoms with van der Waals surface area (Å²) in [5.41, 5.74) is 6.51. The fourth-order valence-corrected chi connectivity index (χ4v) is 3.43. The fourth-order valence-electron chi connectivity index (χ4n) is 2.93. The minimum absolute atomic E-state index is 0.889. The monoisotopic (exact) mass is 403 g/mol. The molecular formula is C22H18BrN3. The van der Waals surface area contributed by atoms with Crippen LogP contribution in [0.25, 0.3) is 28.9 Å². The fraction of sp³-hybridized carbons (Fsp3) is 0.0909. The molecule has 0 N–H and O–H groups in total. The van der Waals surface area contributed by atoms with Crippen molar-refractivity contribution in [2.45, 2.75) is 13.3 Å². The second kappa shape index (κ2) is 7.26. The van der Waals surface area contributed by atoms with Gasteiger partial charge in [-0.3, -0.25) is 0 Å². The van der Waals surface area contributed by atoms with E-state index in [0.29, 0.717) is 0 Å². The SMILES string of the molecule is CCc1ccc(/C=C/c2cc(Br)cc(-n3nnc4ccccc43)c2)cc1. The van der Waals surface area contributed by atoms with Gasteiger partial charge in [-0.05, 0) is 53.4 Å². The van der Waals surface area contributed by atoms with Crippen molar-refractivity contribution in [1.29, 1.82) is 0 Å². The van der Waals surface area contributed by atoms with Crippen LogP contribution in [0.15, 0.2) is 71.2 Å². The Hall–Kier alpha value is -2.72. The molecule has 0 fully saturated rings. The number of halogens is 1. The lowest BCUT2D eigenvalue weighted by molar-refractivity contribution is 0.823. The molecular weight excluding hydrogens is 386 g/mol. The molecule has 1 aromatic heterocycles. The van der Waals surface area contributed by atoms with E-state index >= 15 is 0 Å². The van der Waals surface area contributed by atoms with Crippen LogP contribution in [-0.2, 0) is 6.42 Å². The Labute approximate surface area is 161 Å². The Morgan fingerprint density at radius 1 is 0.923 bits per heavy atom. The highest BCUT2D eigenvalue weighted by molar-refractivity contribution is 9.10. The number of aryl methyl sites for hydroxylation is 1. The zero-order chi connectivity index (χ0) is 17.9. The predicted octanol–water partition coefficient (Wildman–Crippen LogP) is 5.92. The first-order valence-electron chi connectivity index (χ1n) is 8.61. The van der Waals surface area contributed by atoms with Crippen LogP contribution >= 0.6 is 15.9 Å². The van der Waals surface area contributed by atoms with E-state index in [1.807, 2.05) is 28.9 Å². The zero-order valence-corrected chi connectivity index (χ0v) is 16.0. The molecule has 0 unspecified atom stereocenters. The van der Waals surface area contributed by atoms with Crippen molar-refractivity contribution in [3.05, 3.63) is 87.9 Å². The number of rotatable bonds is 4. The molecule has 0 aliphatic heterocycles. The number of fused-ring (bicyclic) bond motifs is 1. The highest BCUT2D eigenvalue weighted by Crippen LogP contribution is 2.23. The molecule has 3 nitrogen and oxygen atoms in total. The second-order valence-corrected chi connectivity index (χ2v) is 7.08. The molecule has 0 aliphatic rings. The van der Waals surface area contributed by atoms with Crippen LogP contribution in [0, 0.1) is 0 Å². The molecule has 0 bridgehead atoms. The summed E-state index contributed by atoms with van der Waals surface area (Å²) in [7, 11) is 0. The molecule has 3 aromatic carbocycles. The number of benzene rings is 3. The normalized spacial score (nSPS) is 11.5. The van der Waals surface area contributed by atoms with Crippen LogP contribution in [0.2, 0.25) is 0 Å². The van der Waals surface area contributed by atoms with E-state index in [2.05, 4.69) is 87.8 Å². The van der Waals surface area contributed by atoms with Crippen molar-refractivity contribution in [3.63, 3.8) is 0 Å². The number of hydrogen-bond acceptors (Lipinski definition) is 2. The van der Waals surface area contributed by atoms with Gasteiger partial charge in [-0.15, -0.1) is 5.10 Å². The Balaban J connectivity index is 1.69. The number of nitrogens with zero attached hydrogens (tertiary/aromatic N) is 3. The van der Waals surface area contributed by atoms with E-state index in [1.165, 1.54) is 11.1 Å². The largest absolute Gasteiger partial charge is 0.213 e. The van der Waals surface area contributed by atoms with Gasteiger partial charge in [0.05, 0.1) is 11.2 Å². The first-order valence-corrected chi connectivity index (χ1v) is 9.40. The van der Waals surface area contributed by atoms with Gasteiger partial charge in [0.1, 0.15) is 5.52 Å². The lowest BCUT2D eigenvalue weighted by Gasteiger charge is -2.05. The molecule has 4 heteroatoms. The molecule has 0 saturated heterocycles. The molecule has 0 aliphatic carbocycles. The van der Waals surface area contributed by atoms with Crippen LogP contribution in [0.3, 0.4) is 0 Å². The standard InChI is InChI=1S/C22H18BrN3/c1-2-16-7-9-17(10-8-16)11-12-18-13-19(23)15-20(14-18)26-22-6-4-3-5-21(22)24-25-26/h3-15H,2H2,1H3/b12-11+. The molecule has 4 rings (SSSR count). The zero-order valence-electron chi connectivity index (χ0n) is 14.4. The summed E-state index contributed by atoms with van der Waals surface area (Å²) in [4.78, 5) is 0. The van der Waals surface area contributed by atoms with Gasteiger partial charge in [0.15, 0.2) is 0 Å². The first kappa shape index (κ1) is 16.7. The number of aromatic nitrogens is 3. The van der Waals surface area contributed by atoms with E-state index in [4.69, 9.17) is 0 Å². The Morgan fingerprint density at radius 3 is 2.50 bits per heavy atom. The van der Waals surface area contributed by atoms with E-state index in [0.717, 1.165) is 33.2 Å². The molecule has 128 valence electrons.